The second-order valence-electron chi connectivity index (χ2n) is 7.71. The number of hydrogen-bond donors (Lipinski definition) is 0. The monoisotopic (exact) mass is 345 g/mol. The maximum atomic E-state index is 12.6. The van der Waals surface area contributed by atoms with Crippen LogP contribution in [0.4, 0.5) is 5.69 Å². The number of likely N-dealkylation sites (tertiary alicyclic amines) is 1. The number of piperazine rings is 1. The zero-order valence-electron chi connectivity index (χ0n) is 15.8. The summed E-state index contributed by atoms with van der Waals surface area (Å²) in [6.07, 6.45) is 1.24. The predicted molar refractivity (Wildman–Crippen MR) is 101 cm³/mol. The van der Waals surface area contributed by atoms with Gasteiger partial charge in [0.1, 0.15) is 5.75 Å². The number of hydrogen-bond acceptors (Lipinski definition) is 4. The van der Waals surface area contributed by atoms with E-state index in [4.69, 9.17) is 4.74 Å². The van der Waals surface area contributed by atoms with Crippen LogP contribution in [0, 0.1) is 11.8 Å². The zero-order chi connectivity index (χ0) is 17.8. The molecule has 2 saturated heterocycles. The summed E-state index contributed by atoms with van der Waals surface area (Å²) >= 11 is 0. The van der Waals surface area contributed by atoms with E-state index in [2.05, 4.69) is 40.7 Å². The molecule has 2 fully saturated rings. The van der Waals surface area contributed by atoms with E-state index in [0.717, 1.165) is 45.0 Å². The van der Waals surface area contributed by atoms with Crippen LogP contribution in [0.1, 0.15) is 20.3 Å². The highest BCUT2D eigenvalue weighted by Crippen LogP contribution is 2.23. The van der Waals surface area contributed by atoms with Crippen LogP contribution in [0.15, 0.2) is 24.3 Å². The van der Waals surface area contributed by atoms with Crippen LogP contribution in [-0.2, 0) is 4.79 Å². The van der Waals surface area contributed by atoms with Gasteiger partial charge in [-0.25, -0.2) is 0 Å². The topological polar surface area (TPSA) is 36.0 Å². The standard InChI is InChI=1S/C20H31N3O2/c1-16-11-17(2)14-23(13-16)20(24)15-21-7-9-22(10-8-21)18-5-4-6-19(12-18)25-3/h4-6,12,16-17H,7-11,13-15H2,1-3H3. The number of methoxy groups -OCH3 is 1. The molecule has 5 heteroatoms. The van der Waals surface area contributed by atoms with Crippen molar-refractivity contribution in [3.05, 3.63) is 24.3 Å². The van der Waals surface area contributed by atoms with Crippen LogP contribution in [0.5, 0.6) is 5.75 Å². The molecule has 0 aromatic heterocycles. The normalized spacial score (nSPS) is 25.1. The Morgan fingerprint density at radius 1 is 1.12 bits per heavy atom. The molecule has 2 heterocycles. The molecule has 1 aromatic carbocycles. The molecule has 3 rings (SSSR count). The number of benzene rings is 1. The van der Waals surface area contributed by atoms with Gasteiger partial charge in [-0.3, -0.25) is 9.69 Å². The minimum absolute atomic E-state index is 0.299. The van der Waals surface area contributed by atoms with Gasteiger partial charge in [0.05, 0.1) is 13.7 Å². The van der Waals surface area contributed by atoms with Crippen molar-refractivity contribution < 1.29 is 9.53 Å². The van der Waals surface area contributed by atoms with Crippen LogP contribution in [0.3, 0.4) is 0 Å². The van der Waals surface area contributed by atoms with E-state index in [1.54, 1.807) is 7.11 Å². The molecule has 1 amide bonds. The number of ether oxygens (including phenoxy) is 1. The van der Waals surface area contributed by atoms with E-state index in [9.17, 15) is 4.79 Å². The first-order valence-electron chi connectivity index (χ1n) is 9.44. The lowest BCUT2D eigenvalue weighted by molar-refractivity contribution is -0.135. The first kappa shape index (κ1) is 18.1. The summed E-state index contributed by atoms with van der Waals surface area (Å²) in [5.41, 5.74) is 1.20. The molecule has 2 aliphatic rings. The van der Waals surface area contributed by atoms with Crippen LogP contribution in [-0.4, -0.2) is 68.6 Å². The maximum Gasteiger partial charge on any atom is 0.236 e. The van der Waals surface area contributed by atoms with E-state index in [1.165, 1.54) is 12.1 Å². The second kappa shape index (κ2) is 8.09. The van der Waals surface area contributed by atoms with Gasteiger partial charge >= 0.3 is 0 Å². The fraction of sp³-hybridized carbons (Fsp3) is 0.650. The molecule has 5 nitrogen and oxygen atoms in total. The molecule has 0 radical (unpaired) electrons. The largest absolute Gasteiger partial charge is 0.497 e. The summed E-state index contributed by atoms with van der Waals surface area (Å²) in [5.74, 6) is 2.44. The number of rotatable bonds is 4. The summed E-state index contributed by atoms with van der Waals surface area (Å²) in [5, 5.41) is 0. The molecule has 2 unspecified atom stereocenters. The van der Waals surface area contributed by atoms with Gasteiger partial charge in [-0.2, -0.15) is 0 Å². The van der Waals surface area contributed by atoms with E-state index in [1.807, 2.05) is 12.1 Å². The molecule has 2 aliphatic heterocycles. The van der Waals surface area contributed by atoms with Crippen molar-refractivity contribution in [2.24, 2.45) is 11.8 Å². The molecular weight excluding hydrogens is 314 g/mol. The van der Waals surface area contributed by atoms with Gasteiger partial charge in [-0.1, -0.05) is 19.9 Å². The molecular formula is C20H31N3O2. The Morgan fingerprint density at radius 3 is 2.44 bits per heavy atom. The summed E-state index contributed by atoms with van der Waals surface area (Å²) in [6.45, 7) is 10.7. The lowest BCUT2D eigenvalue weighted by Gasteiger charge is -2.39. The summed E-state index contributed by atoms with van der Waals surface area (Å²) in [7, 11) is 1.70. The average molecular weight is 345 g/mol. The Hall–Kier alpha value is -1.75. The molecule has 0 bridgehead atoms. The third-order valence-electron chi connectivity index (χ3n) is 5.37. The van der Waals surface area contributed by atoms with Crippen LogP contribution in [0.2, 0.25) is 0 Å². The fourth-order valence-electron chi connectivity index (χ4n) is 4.13. The van der Waals surface area contributed by atoms with Crippen molar-refractivity contribution in [2.75, 3.05) is 57.8 Å². The van der Waals surface area contributed by atoms with Crippen molar-refractivity contribution in [3.8, 4) is 5.75 Å². The van der Waals surface area contributed by atoms with Crippen molar-refractivity contribution in [1.82, 2.24) is 9.80 Å². The van der Waals surface area contributed by atoms with Crippen molar-refractivity contribution in [2.45, 2.75) is 20.3 Å². The Kier molecular flexibility index (Phi) is 5.84. The molecule has 2 atom stereocenters. The Bertz CT molecular complexity index is 574. The SMILES string of the molecule is COc1cccc(N2CCN(CC(=O)N3CC(C)CC(C)C3)CC2)c1. The lowest BCUT2D eigenvalue weighted by Crippen LogP contribution is -2.52. The summed E-state index contributed by atoms with van der Waals surface area (Å²) in [6, 6.07) is 8.21. The van der Waals surface area contributed by atoms with Gasteiger partial charge in [0, 0.05) is 51.0 Å². The molecule has 0 aliphatic carbocycles. The number of carbonyl (C=O) groups is 1. The lowest BCUT2D eigenvalue weighted by atomic mass is 9.92. The van der Waals surface area contributed by atoms with Crippen LogP contribution in [0.25, 0.3) is 0 Å². The first-order chi connectivity index (χ1) is 12.0. The number of carbonyl (C=O) groups excluding carboxylic acids is 1. The Labute approximate surface area is 151 Å². The van der Waals surface area contributed by atoms with Crippen molar-refractivity contribution in [1.29, 1.82) is 0 Å². The van der Waals surface area contributed by atoms with Crippen LogP contribution < -0.4 is 9.64 Å². The third-order valence-corrected chi connectivity index (χ3v) is 5.37. The van der Waals surface area contributed by atoms with E-state index >= 15 is 0 Å². The van der Waals surface area contributed by atoms with E-state index in [0.29, 0.717) is 24.3 Å². The second-order valence-corrected chi connectivity index (χ2v) is 7.71. The number of nitrogens with zero attached hydrogens (tertiary/aromatic N) is 3. The van der Waals surface area contributed by atoms with Crippen molar-refractivity contribution in [3.63, 3.8) is 0 Å². The van der Waals surface area contributed by atoms with Crippen LogP contribution >= 0.6 is 0 Å². The van der Waals surface area contributed by atoms with Gasteiger partial charge in [-0.15, -0.1) is 0 Å². The minimum atomic E-state index is 0.299. The highest BCUT2D eigenvalue weighted by molar-refractivity contribution is 5.78. The molecule has 138 valence electrons. The number of amides is 1. The zero-order valence-corrected chi connectivity index (χ0v) is 15.8. The first-order valence-corrected chi connectivity index (χ1v) is 9.44. The third kappa shape index (κ3) is 4.66. The van der Waals surface area contributed by atoms with Gasteiger partial charge < -0.3 is 14.5 Å². The van der Waals surface area contributed by atoms with Gasteiger partial charge in [-0.05, 0) is 30.4 Å². The van der Waals surface area contributed by atoms with Crippen molar-refractivity contribution >= 4 is 11.6 Å². The Balaban J connectivity index is 1.49. The highest BCUT2D eigenvalue weighted by Gasteiger charge is 2.27. The van der Waals surface area contributed by atoms with E-state index < -0.39 is 0 Å². The molecule has 0 N–H and O–H groups in total. The van der Waals surface area contributed by atoms with E-state index in [-0.39, 0.29) is 0 Å². The van der Waals surface area contributed by atoms with Gasteiger partial charge in [0.2, 0.25) is 5.91 Å². The predicted octanol–water partition coefficient (Wildman–Crippen LogP) is 2.32. The fourth-order valence-corrected chi connectivity index (χ4v) is 4.13. The highest BCUT2D eigenvalue weighted by atomic mass is 16.5. The quantitative estimate of drug-likeness (QED) is 0.839. The molecule has 25 heavy (non-hydrogen) atoms. The summed E-state index contributed by atoms with van der Waals surface area (Å²) < 4.78 is 5.32. The average Bonchev–Trinajstić information content (AvgIpc) is 2.61. The molecule has 1 aromatic rings. The Morgan fingerprint density at radius 2 is 1.80 bits per heavy atom. The van der Waals surface area contributed by atoms with Gasteiger partial charge in [0.15, 0.2) is 0 Å². The number of anilines is 1. The maximum absolute atomic E-state index is 12.6. The molecule has 0 saturated carbocycles. The summed E-state index contributed by atoms with van der Waals surface area (Å²) in [4.78, 5) is 19.4. The van der Waals surface area contributed by atoms with Gasteiger partial charge in [0.25, 0.3) is 0 Å². The minimum Gasteiger partial charge on any atom is -0.497 e. The molecule has 0 spiro atoms. The smallest absolute Gasteiger partial charge is 0.236 e. The number of piperidine rings is 1.